The highest BCUT2D eigenvalue weighted by molar-refractivity contribution is 4.92. The number of ether oxygens (including phenoxy) is 1. The van der Waals surface area contributed by atoms with E-state index >= 15 is 0 Å². The zero-order chi connectivity index (χ0) is 10.0. The molecule has 2 heterocycles. The molecular weight excluding hydrogens is 183 g/mol. The first-order valence-corrected chi connectivity index (χ1v) is 5.41. The van der Waals surface area contributed by atoms with Crippen LogP contribution < -0.4 is 5.73 Å². The average molecular weight is 202 g/mol. The molecule has 0 aromatic heterocycles. The molecule has 2 aliphatic rings. The lowest BCUT2D eigenvalue weighted by atomic mass is 9.98. The largest absolute Gasteiger partial charge is 0.379 e. The van der Waals surface area contributed by atoms with Crippen molar-refractivity contribution in [2.24, 2.45) is 5.73 Å². The molecule has 2 unspecified atom stereocenters. The lowest BCUT2D eigenvalue weighted by Gasteiger charge is -2.34. The Balaban J connectivity index is 1.83. The second-order valence-corrected chi connectivity index (χ2v) is 4.64. The summed E-state index contributed by atoms with van der Waals surface area (Å²) >= 11 is 0. The van der Waals surface area contributed by atoms with Crippen molar-refractivity contribution >= 4 is 0 Å². The lowest BCUT2D eigenvalue weighted by Crippen LogP contribution is -2.53. The third kappa shape index (κ3) is 2.43. The monoisotopic (exact) mass is 202 g/mol. The van der Waals surface area contributed by atoms with E-state index in [-0.39, 0.29) is 5.54 Å². The number of nitrogens with two attached hydrogens (primary N) is 1. The van der Waals surface area contributed by atoms with Gasteiger partial charge in [0.15, 0.2) is 0 Å². The molecule has 4 heteroatoms. The van der Waals surface area contributed by atoms with E-state index in [1.165, 1.54) is 0 Å². The molecule has 2 aliphatic heterocycles. The van der Waals surface area contributed by atoms with Gasteiger partial charge in [0.05, 0.1) is 12.1 Å². The predicted octanol–water partition coefficient (Wildman–Crippen LogP) is 0.538. The first-order valence-electron chi connectivity index (χ1n) is 5.41. The first-order chi connectivity index (χ1) is 6.68. The predicted molar refractivity (Wildman–Crippen MR) is 52.9 cm³/mol. The molecule has 0 aromatic carbocycles. The van der Waals surface area contributed by atoms with E-state index in [2.05, 4.69) is 4.90 Å². The highest BCUT2D eigenvalue weighted by Gasteiger charge is 2.33. The standard InChI is InChI=1S/C10H19FN2O/c11-9-2-1-4-13(6-9)7-10(12)3-5-14-8-10/h9H,1-8,12H2. The molecule has 0 aromatic rings. The maximum absolute atomic E-state index is 13.1. The maximum Gasteiger partial charge on any atom is 0.113 e. The van der Waals surface area contributed by atoms with Crippen LogP contribution in [0.1, 0.15) is 19.3 Å². The third-order valence-electron chi connectivity index (χ3n) is 3.12. The van der Waals surface area contributed by atoms with Gasteiger partial charge < -0.3 is 10.5 Å². The Hall–Kier alpha value is -0.190. The minimum absolute atomic E-state index is 0.225. The topological polar surface area (TPSA) is 38.5 Å². The van der Waals surface area contributed by atoms with Crippen LogP contribution >= 0.6 is 0 Å². The highest BCUT2D eigenvalue weighted by Crippen LogP contribution is 2.20. The van der Waals surface area contributed by atoms with Crippen molar-refractivity contribution in [2.45, 2.75) is 31.0 Å². The van der Waals surface area contributed by atoms with Gasteiger partial charge in [-0.25, -0.2) is 4.39 Å². The molecule has 14 heavy (non-hydrogen) atoms. The summed E-state index contributed by atoms with van der Waals surface area (Å²) in [5.74, 6) is 0. The average Bonchev–Trinajstić information content (AvgIpc) is 2.51. The van der Waals surface area contributed by atoms with Crippen LogP contribution in [0, 0.1) is 0 Å². The Bertz CT molecular complexity index is 195. The number of halogens is 1. The van der Waals surface area contributed by atoms with Gasteiger partial charge in [0, 0.05) is 19.7 Å². The number of alkyl halides is 1. The van der Waals surface area contributed by atoms with Gasteiger partial charge in [0.2, 0.25) is 0 Å². The first kappa shape index (κ1) is 10.3. The third-order valence-corrected chi connectivity index (χ3v) is 3.12. The van der Waals surface area contributed by atoms with Crippen molar-refractivity contribution in [2.75, 3.05) is 32.8 Å². The van der Waals surface area contributed by atoms with Crippen LogP contribution in [0.15, 0.2) is 0 Å². The van der Waals surface area contributed by atoms with Crippen LogP contribution in [-0.4, -0.2) is 49.5 Å². The maximum atomic E-state index is 13.1. The summed E-state index contributed by atoms with van der Waals surface area (Å²) in [4.78, 5) is 2.14. The van der Waals surface area contributed by atoms with Crippen molar-refractivity contribution in [3.63, 3.8) is 0 Å². The van der Waals surface area contributed by atoms with Crippen LogP contribution in [0.3, 0.4) is 0 Å². The Kier molecular flexibility index (Phi) is 3.04. The quantitative estimate of drug-likeness (QED) is 0.710. The summed E-state index contributed by atoms with van der Waals surface area (Å²) in [5, 5.41) is 0. The van der Waals surface area contributed by atoms with Crippen LogP contribution in [-0.2, 0) is 4.74 Å². The molecule has 0 saturated carbocycles. The summed E-state index contributed by atoms with van der Waals surface area (Å²) < 4.78 is 18.4. The summed E-state index contributed by atoms with van der Waals surface area (Å²) in [6.07, 6.45) is 1.91. The van der Waals surface area contributed by atoms with Gasteiger partial charge in [0.25, 0.3) is 0 Å². The second kappa shape index (κ2) is 4.13. The zero-order valence-corrected chi connectivity index (χ0v) is 8.54. The van der Waals surface area contributed by atoms with Crippen LogP contribution in [0.2, 0.25) is 0 Å². The minimum atomic E-state index is -0.658. The number of hydrogen-bond donors (Lipinski definition) is 1. The van der Waals surface area contributed by atoms with E-state index in [4.69, 9.17) is 10.5 Å². The Morgan fingerprint density at radius 2 is 2.43 bits per heavy atom. The van der Waals surface area contributed by atoms with Crippen LogP contribution in [0.4, 0.5) is 4.39 Å². The normalized spacial score (nSPS) is 40.3. The SMILES string of the molecule is NC1(CN2CCCC(F)C2)CCOC1. The van der Waals surface area contributed by atoms with Gasteiger partial charge in [0.1, 0.15) is 6.17 Å². The van der Waals surface area contributed by atoms with Gasteiger partial charge in [-0.15, -0.1) is 0 Å². The molecular formula is C10H19FN2O. The molecule has 0 aliphatic carbocycles. The fourth-order valence-corrected chi connectivity index (χ4v) is 2.34. The summed E-state index contributed by atoms with van der Waals surface area (Å²) in [6.45, 7) is 3.70. The number of likely N-dealkylation sites (tertiary alicyclic amines) is 1. The molecule has 82 valence electrons. The summed E-state index contributed by atoms with van der Waals surface area (Å²) in [5.41, 5.74) is 5.92. The molecule has 0 amide bonds. The molecule has 0 radical (unpaired) electrons. The van der Waals surface area contributed by atoms with Gasteiger partial charge in [-0.1, -0.05) is 0 Å². The van der Waals surface area contributed by atoms with E-state index in [1.807, 2.05) is 0 Å². The van der Waals surface area contributed by atoms with Gasteiger partial charge in [-0.2, -0.15) is 0 Å². The molecule has 0 bridgehead atoms. The van der Waals surface area contributed by atoms with Gasteiger partial charge in [-0.3, -0.25) is 4.90 Å². The Morgan fingerprint density at radius 1 is 1.57 bits per heavy atom. The molecule has 2 N–H and O–H groups in total. The smallest absolute Gasteiger partial charge is 0.113 e. The Labute approximate surface area is 84.4 Å². The molecule has 3 nitrogen and oxygen atoms in total. The zero-order valence-electron chi connectivity index (χ0n) is 8.54. The van der Waals surface area contributed by atoms with E-state index in [9.17, 15) is 4.39 Å². The van der Waals surface area contributed by atoms with E-state index in [1.54, 1.807) is 0 Å². The number of nitrogens with zero attached hydrogens (tertiary/aromatic N) is 1. The molecule has 2 atom stereocenters. The molecule has 2 saturated heterocycles. The van der Waals surface area contributed by atoms with E-state index < -0.39 is 6.17 Å². The lowest BCUT2D eigenvalue weighted by molar-refractivity contribution is 0.104. The minimum Gasteiger partial charge on any atom is -0.379 e. The number of hydrogen-bond acceptors (Lipinski definition) is 3. The molecule has 2 fully saturated rings. The van der Waals surface area contributed by atoms with E-state index in [0.29, 0.717) is 19.6 Å². The summed E-state index contributed by atoms with van der Waals surface area (Å²) in [7, 11) is 0. The Morgan fingerprint density at radius 3 is 3.07 bits per heavy atom. The number of rotatable bonds is 2. The van der Waals surface area contributed by atoms with Crippen molar-refractivity contribution in [3.8, 4) is 0 Å². The van der Waals surface area contributed by atoms with Crippen LogP contribution in [0.5, 0.6) is 0 Å². The second-order valence-electron chi connectivity index (χ2n) is 4.64. The van der Waals surface area contributed by atoms with Crippen molar-refractivity contribution < 1.29 is 9.13 Å². The summed E-state index contributed by atoms with van der Waals surface area (Å²) in [6, 6.07) is 0. The van der Waals surface area contributed by atoms with Gasteiger partial charge in [-0.05, 0) is 25.8 Å². The fourth-order valence-electron chi connectivity index (χ4n) is 2.34. The van der Waals surface area contributed by atoms with E-state index in [0.717, 1.165) is 32.5 Å². The van der Waals surface area contributed by atoms with Gasteiger partial charge >= 0.3 is 0 Å². The van der Waals surface area contributed by atoms with Crippen molar-refractivity contribution in [1.29, 1.82) is 0 Å². The fraction of sp³-hybridized carbons (Fsp3) is 1.00. The molecule has 2 rings (SSSR count). The number of piperidine rings is 1. The van der Waals surface area contributed by atoms with Crippen molar-refractivity contribution in [3.05, 3.63) is 0 Å². The van der Waals surface area contributed by atoms with Crippen molar-refractivity contribution in [1.82, 2.24) is 4.90 Å². The highest BCUT2D eigenvalue weighted by atomic mass is 19.1. The van der Waals surface area contributed by atoms with Crippen LogP contribution in [0.25, 0.3) is 0 Å². The molecule has 0 spiro atoms.